The van der Waals surface area contributed by atoms with Gasteiger partial charge in [0.15, 0.2) is 0 Å². The molecule has 0 saturated carbocycles. The summed E-state index contributed by atoms with van der Waals surface area (Å²) in [5.74, 6) is 0. The van der Waals surface area contributed by atoms with Crippen LogP contribution in [0.2, 0.25) is 0 Å². The standard InChI is InChI=1S/C17H21N5O/c1-20-10-11-21(17(20)23)14-2-4-15(5-3-14)22-12-13-6-8-18-9-7-16(13)19-22/h2-5,12,18H,6-11H2,1H3. The van der Waals surface area contributed by atoms with Crippen LogP contribution in [0.5, 0.6) is 0 Å². The van der Waals surface area contributed by atoms with Crippen molar-refractivity contribution in [1.29, 1.82) is 0 Å². The van der Waals surface area contributed by atoms with E-state index in [1.807, 2.05) is 40.9 Å². The molecule has 2 aliphatic heterocycles. The van der Waals surface area contributed by atoms with E-state index in [4.69, 9.17) is 5.10 Å². The van der Waals surface area contributed by atoms with Gasteiger partial charge >= 0.3 is 6.03 Å². The normalized spacial score (nSPS) is 18.2. The van der Waals surface area contributed by atoms with Crippen molar-refractivity contribution in [3.05, 3.63) is 41.7 Å². The SMILES string of the molecule is CN1CCN(c2ccc(-n3cc4c(n3)CCNCC4)cc2)C1=O. The molecule has 6 heteroatoms. The lowest BCUT2D eigenvalue weighted by atomic mass is 10.2. The lowest BCUT2D eigenvalue weighted by molar-refractivity contribution is 0.229. The second-order valence-corrected chi connectivity index (χ2v) is 6.17. The molecule has 0 unspecified atom stereocenters. The molecule has 1 aromatic carbocycles. The van der Waals surface area contributed by atoms with E-state index >= 15 is 0 Å². The molecule has 2 aliphatic rings. The van der Waals surface area contributed by atoms with Gasteiger partial charge in [-0.15, -0.1) is 0 Å². The lowest BCUT2D eigenvalue weighted by Crippen LogP contribution is -2.29. The van der Waals surface area contributed by atoms with Gasteiger partial charge in [0, 0.05) is 45.0 Å². The topological polar surface area (TPSA) is 53.4 Å². The Labute approximate surface area is 135 Å². The van der Waals surface area contributed by atoms with Crippen molar-refractivity contribution in [2.24, 2.45) is 0 Å². The summed E-state index contributed by atoms with van der Waals surface area (Å²) in [4.78, 5) is 15.6. The number of carbonyl (C=O) groups is 1. The summed E-state index contributed by atoms with van der Waals surface area (Å²) in [7, 11) is 1.84. The highest BCUT2D eigenvalue weighted by molar-refractivity contribution is 5.93. The van der Waals surface area contributed by atoms with Gasteiger partial charge < -0.3 is 10.2 Å². The van der Waals surface area contributed by atoms with Gasteiger partial charge in [-0.05, 0) is 42.8 Å². The van der Waals surface area contributed by atoms with E-state index in [-0.39, 0.29) is 6.03 Å². The van der Waals surface area contributed by atoms with Gasteiger partial charge in [0.25, 0.3) is 0 Å². The third-order valence-corrected chi connectivity index (χ3v) is 4.63. The highest BCUT2D eigenvalue weighted by Crippen LogP contribution is 2.22. The fraction of sp³-hybridized carbons (Fsp3) is 0.412. The van der Waals surface area contributed by atoms with Crippen LogP contribution in [0, 0.1) is 0 Å². The van der Waals surface area contributed by atoms with E-state index < -0.39 is 0 Å². The molecule has 3 heterocycles. The van der Waals surface area contributed by atoms with Crippen LogP contribution in [0.15, 0.2) is 30.5 Å². The predicted molar refractivity (Wildman–Crippen MR) is 89.2 cm³/mol. The second kappa shape index (κ2) is 5.70. The van der Waals surface area contributed by atoms with E-state index in [1.54, 1.807) is 4.90 Å². The van der Waals surface area contributed by atoms with Crippen LogP contribution in [0.25, 0.3) is 5.69 Å². The monoisotopic (exact) mass is 311 g/mol. The average Bonchev–Trinajstić information content (AvgIpc) is 3.05. The smallest absolute Gasteiger partial charge is 0.324 e. The number of likely N-dealkylation sites (N-methyl/N-ethyl adjacent to an activating group) is 1. The number of amides is 2. The molecule has 23 heavy (non-hydrogen) atoms. The van der Waals surface area contributed by atoms with Crippen molar-refractivity contribution in [1.82, 2.24) is 20.0 Å². The number of nitrogens with zero attached hydrogens (tertiary/aromatic N) is 4. The first kappa shape index (κ1) is 14.3. The minimum atomic E-state index is 0.0658. The number of benzene rings is 1. The molecule has 0 spiro atoms. The van der Waals surface area contributed by atoms with Crippen molar-refractivity contribution >= 4 is 11.7 Å². The maximum absolute atomic E-state index is 12.1. The number of rotatable bonds is 2. The maximum Gasteiger partial charge on any atom is 0.324 e. The van der Waals surface area contributed by atoms with E-state index in [2.05, 4.69) is 11.5 Å². The molecule has 1 fully saturated rings. The van der Waals surface area contributed by atoms with Crippen LogP contribution < -0.4 is 10.2 Å². The first-order chi connectivity index (χ1) is 11.2. The Kier molecular flexibility index (Phi) is 3.53. The van der Waals surface area contributed by atoms with Crippen LogP contribution in [0.1, 0.15) is 11.3 Å². The van der Waals surface area contributed by atoms with Gasteiger partial charge in [-0.2, -0.15) is 5.10 Å². The van der Waals surface area contributed by atoms with Gasteiger partial charge in [-0.1, -0.05) is 0 Å². The molecule has 0 aliphatic carbocycles. The highest BCUT2D eigenvalue weighted by Gasteiger charge is 2.26. The summed E-state index contributed by atoms with van der Waals surface area (Å²) in [6.45, 7) is 3.54. The lowest BCUT2D eigenvalue weighted by Gasteiger charge is -2.16. The van der Waals surface area contributed by atoms with E-state index in [0.29, 0.717) is 0 Å². The molecule has 1 saturated heterocycles. The van der Waals surface area contributed by atoms with Crippen LogP contribution in [0.3, 0.4) is 0 Å². The molecular weight excluding hydrogens is 290 g/mol. The van der Waals surface area contributed by atoms with Crippen LogP contribution in [-0.2, 0) is 12.8 Å². The number of urea groups is 1. The summed E-state index contributed by atoms with van der Waals surface area (Å²) < 4.78 is 1.96. The fourth-order valence-corrected chi connectivity index (χ4v) is 3.22. The highest BCUT2D eigenvalue weighted by atomic mass is 16.2. The van der Waals surface area contributed by atoms with Crippen LogP contribution in [0.4, 0.5) is 10.5 Å². The summed E-state index contributed by atoms with van der Waals surface area (Å²) >= 11 is 0. The molecule has 0 bridgehead atoms. The molecule has 2 amide bonds. The Morgan fingerprint density at radius 2 is 1.78 bits per heavy atom. The minimum absolute atomic E-state index is 0.0658. The fourth-order valence-electron chi connectivity index (χ4n) is 3.22. The third-order valence-electron chi connectivity index (χ3n) is 4.63. The molecule has 2 aromatic rings. The number of aromatic nitrogens is 2. The Morgan fingerprint density at radius 1 is 1.04 bits per heavy atom. The number of carbonyl (C=O) groups excluding carboxylic acids is 1. The first-order valence-electron chi connectivity index (χ1n) is 8.13. The molecule has 4 rings (SSSR count). The van der Waals surface area contributed by atoms with Gasteiger partial charge in [-0.3, -0.25) is 4.90 Å². The molecule has 1 N–H and O–H groups in total. The molecule has 6 nitrogen and oxygen atoms in total. The number of hydrogen-bond donors (Lipinski definition) is 1. The Balaban J connectivity index is 1.58. The number of anilines is 1. The number of fused-ring (bicyclic) bond motifs is 1. The summed E-state index contributed by atoms with van der Waals surface area (Å²) in [6, 6.07) is 8.13. The van der Waals surface area contributed by atoms with E-state index in [9.17, 15) is 4.79 Å². The predicted octanol–water partition coefficient (Wildman–Crippen LogP) is 1.43. The third kappa shape index (κ3) is 2.59. The van der Waals surface area contributed by atoms with Crippen LogP contribution >= 0.6 is 0 Å². The minimum Gasteiger partial charge on any atom is -0.326 e. The molecule has 1 aromatic heterocycles. The van der Waals surface area contributed by atoms with Gasteiger partial charge in [0.1, 0.15) is 0 Å². The molecule has 0 atom stereocenters. The van der Waals surface area contributed by atoms with Gasteiger partial charge in [0.05, 0.1) is 11.4 Å². The first-order valence-corrected chi connectivity index (χ1v) is 8.13. The maximum atomic E-state index is 12.1. The van der Waals surface area contributed by atoms with E-state index in [1.165, 1.54) is 11.3 Å². The van der Waals surface area contributed by atoms with E-state index in [0.717, 1.165) is 50.4 Å². The zero-order valence-electron chi connectivity index (χ0n) is 13.3. The summed E-state index contributed by atoms with van der Waals surface area (Å²) in [6.07, 6.45) is 4.14. The number of nitrogens with one attached hydrogen (secondary N) is 1. The number of hydrogen-bond acceptors (Lipinski definition) is 3. The molecular formula is C17H21N5O. The quantitative estimate of drug-likeness (QED) is 0.913. The van der Waals surface area contributed by atoms with Crippen molar-refractivity contribution < 1.29 is 4.79 Å². The van der Waals surface area contributed by atoms with Gasteiger partial charge in [0.2, 0.25) is 0 Å². The van der Waals surface area contributed by atoms with Gasteiger partial charge in [-0.25, -0.2) is 9.48 Å². The zero-order chi connectivity index (χ0) is 15.8. The summed E-state index contributed by atoms with van der Waals surface area (Å²) in [5.41, 5.74) is 4.50. The Hall–Kier alpha value is -2.34. The van der Waals surface area contributed by atoms with Crippen molar-refractivity contribution in [2.45, 2.75) is 12.8 Å². The molecule has 0 radical (unpaired) electrons. The molecule has 120 valence electrons. The zero-order valence-corrected chi connectivity index (χ0v) is 13.3. The van der Waals surface area contributed by atoms with Crippen molar-refractivity contribution in [3.63, 3.8) is 0 Å². The second-order valence-electron chi connectivity index (χ2n) is 6.17. The van der Waals surface area contributed by atoms with Crippen molar-refractivity contribution in [3.8, 4) is 5.69 Å². The Morgan fingerprint density at radius 3 is 2.52 bits per heavy atom. The Bertz CT molecular complexity index is 698. The largest absolute Gasteiger partial charge is 0.326 e. The average molecular weight is 311 g/mol. The van der Waals surface area contributed by atoms with Crippen LogP contribution in [-0.4, -0.2) is 53.9 Å². The van der Waals surface area contributed by atoms with Crippen molar-refractivity contribution in [2.75, 3.05) is 38.1 Å². The summed E-state index contributed by atoms with van der Waals surface area (Å²) in [5, 5.41) is 8.12.